The van der Waals surface area contributed by atoms with Crippen molar-refractivity contribution in [1.29, 1.82) is 0 Å². The van der Waals surface area contributed by atoms with Crippen molar-refractivity contribution < 1.29 is 27.4 Å². The Hall–Kier alpha value is -4.14. The summed E-state index contributed by atoms with van der Waals surface area (Å²) >= 11 is 0. The molecule has 2 unspecified atom stereocenters. The molecule has 8 rings (SSSR count). The molecule has 0 radical (unpaired) electrons. The minimum absolute atomic E-state index is 0.0838. The van der Waals surface area contributed by atoms with Crippen molar-refractivity contribution in [3.05, 3.63) is 53.3 Å². The SMILES string of the molecule is C#Cc1c(F)ccc2cc(O)cc(-c3c(F)cc4c(N5CC6CCC(C5)N6)nc(OC[C@@]56CCCN5C[C@H](F)C6)nc4c3F)c12. The third-order valence-electron chi connectivity index (χ3n) is 10.1. The number of hydrogen-bond acceptors (Lipinski definition) is 7. The van der Waals surface area contributed by atoms with Gasteiger partial charge in [-0.05, 0) is 61.9 Å². The lowest BCUT2D eigenvalue weighted by Gasteiger charge is -2.34. The van der Waals surface area contributed by atoms with Gasteiger partial charge in [-0.15, -0.1) is 6.42 Å². The molecule has 7 nitrogen and oxygen atoms in total. The monoisotopic (exact) mass is 617 g/mol. The Kier molecular flexibility index (Phi) is 6.59. The smallest absolute Gasteiger partial charge is 0.319 e. The number of alkyl halides is 1. The zero-order chi connectivity index (χ0) is 31.0. The van der Waals surface area contributed by atoms with Crippen LogP contribution in [0.25, 0.3) is 32.8 Å². The number of benzene rings is 3. The summed E-state index contributed by atoms with van der Waals surface area (Å²) in [6, 6.07) is 6.61. The molecule has 0 aliphatic carbocycles. The number of piperazine rings is 1. The number of ether oxygens (including phenoxy) is 1. The Morgan fingerprint density at radius 2 is 1.87 bits per heavy atom. The van der Waals surface area contributed by atoms with Gasteiger partial charge < -0.3 is 20.1 Å². The molecule has 0 saturated carbocycles. The standard InChI is InChI=1S/C34H31F4N5O2/c1-2-23-26(36)7-4-18-10-22(44)11-24(28(18)23)29-27(37)12-25-31(30(29)38)40-33(41-32(25)42-15-20-5-6-21(16-42)39-20)45-17-34-8-3-9-43(34)14-19(35)13-34/h1,4,7,10-12,19-21,39,44H,3,5-6,8-9,13-17H2/t19-,20?,21?,34+/m1/s1. The van der Waals surface area contributed by atoms with Crippen LogP contribution in [0.2, 0.25) is 0 Å². The average Bonchev–Trinajstić information content (AvgIpc) is 3.66. The van der Waals surface area contributed by atoms with Crippen LogP contribution in [0.4, 0.5) is 23.4 Å². The molecular formula is C34H31F4N5O2. The fourth-order valence-electron chi connectivity index (χ4n) is 8.09. The largest absolute Gasteiger partial charge is 0.508 e. The minimum atomic E-state index is -1.01. The number of aromatic hydroxyl groups is 1. The molecule has 11 heteroatoms. The Morgan fingerprint density at radius 1 is 1.07 bits per heavy atom. The van der Waals surface area contributed by atoms with E-state index in [1.54, 1.807) is 0 Å². The van der Waals surface area contributed by atoms with Gasteiger partial charge in [0, 0.05) is 54.5 Å². The Bertz CT molecular complexity index is 1900. The molecular weight excluding hydrogens is 586 g/mol. The lowest BCUT2D eigenvalue weighted by molar-refractivity contribution is 0.107. The van der Waals surface area contributed by atoms with Crippen LogP contribution in [0.15, 0.2) is 30.3 Å². The van der Waals surface area contributed by atoms with Gasteiger partial charge in [-0.1, -0.05) is 12.0 Å². The van der Waals surface area contributed by atoms with Gasteiger partial charge in [0.2, 0.25) is 0 Å². The zero-order valence-corrected chi connectivity index (χ0v) is 24.4. The van der Waals surface area contributed by atoms with Crippen LogP contribution in [-0.2, 0) is 0 Å². The molecule has 4 atom stereocenters. The third kappa shape index (κ3) is 4.57. The van der Waals surface area contributed by atoms with Gasteiger partial charge >= 0.3 is 6.01 Å². The van der Waals surface area contributed by atoms with Crippen molar-refractivity contribution in [2.45, 2.75) is 55.9 Å². The number of halogens is 4. The molecule has 4 fully saturated rings. The summed E-state index contributed by atoms with van der Waals surface area (Å²) in [5.41, 5.74) is -1.43. The second kappa shape index (κ2) is 10.5. The normalized spacial score (nSPS) is 26.1. The lowest BCUT2D eigenvalue weighted by Crippen LogP contribution is -2.51. The van der Waals surface area contributed by atoms with E-state index >= 15 is 8.78 Å². The summed E-state index contributed by atoms with van der Waals surface area (Å²) < 4.78 is 68.4. The van der Waals surface area contributed by atoms with Gasteiger partial charge in [0.25, 0.3) is 0 Å². The highest BCUT2D eigenvalue weighted by Crippen LogP contribution is 2.43. The topological polar surface area (TPSA) is 73.8 Å². The number of nitrogens with zero attached hydrogens (tertiary/aromatic N) is 4. The lowest BCUT2D eigenvalue weighted by atomic mass is 9.92. The highest BCUT2D eigenvalue weighted by molar-refractivity contribution is 6.04. The van der Waals surface area contributed by atoms with Gasteiger partial charge in [0.05, 0.1) is 16.7 Å². The summed E-state index contributed by atoms with van der Waals surface area (Å²) in [6.07, 6.45) is 8.71. The first-order valence-corrected chi connectivity index (χ1v) is 15.4. The Balaban J connectivity index is 1.30. The van der Waals surface area contributed by atoms with Gasteiger partial charge in [-0.25, -0.2) is 17.6 Å². The van der Waals surface area contributed by atoms with E-state index in [1.807, 2.05) is 4.90 Å². The van der Waals surface area contributed by atoms with Crippen molar-refractivity contribution in [2.24, 2.45) is 0 Å². The van der Waals surface area contributed by atoms with E-state index in [-0.39, 0.29) is 57.9 Å². The highest BCUT2D eigenvalue weighted by Gasteiger charge is 2.49. The molecule has 4 aliphatic heterocycles. The second-order valence-electron chi connectivity index (χ2n) is 12.8. The van der Waals surface area contributed by atoms with Crippen molar-refractivity contribution in [3.8, 4) is 35.2 Å². The van der Waals surface area contributed by atoms with Crippen LogP contribution in [0.3, 0.4) is 0 Å². The first-order valence-electron chi connectivity index (χ1n) is 15.4. The van der Waals surface area contributed by atoms with Gasteiger partial charge in [0.15, 0.2) is 5.82 Å². The second-order valence-corrected chi connectivity index (χ2v) is 12.8. The summed E-state index contributed by atoms with van der Waals surface area (Å²) in [5.74, 6) is -0.295. The van der Waals surface area contributed by atoms with Crippen molar-refractivity contribution >= 4 is 27.5 Å². The van der Waals surface area contributed by atoms with Crippen molar-refractivity contribution in [2.75, 3.05) is 37.7 Å². The van der Waals surface area contributed by atoms with E-state index in [9.17, 15) is 13.9 Å². The molecule has 1 aromatic heterocycles. The molecule has 232 valence electrons. The molecule has 3 aromatic carbocycles. The van der Waals surface area contributed by atoms with Gasteiger partial charge in [0.1, 0.15) is 41.5 Å². The molecule has 4 aromatic rings. The van der Waals surface area contributed by atoms with E-state index in [2.05, 4.69) is 21.1 Å². The molecule has 45 heavy (non-hydrogen) atoms. The van der Waals surface area contributed by atoms with Gasteiger partial charge in [-0.2, -0.15) is 9.97 Å². The first kappa shape index (κ1) is 28.3. The third-order valence-corrected chi connectivity index (χ3v) is 10.1. The minimum Gasteiger partial charge on any atom is -0.508 e. The molecule has 4 aliphatic rings. The van der Waals surface area contributed by atoms with Crippen molar-refractivity contribution in [3.63, 3.8) is 0 Å². The molecule has 2 N–H and O–H groups in total. The number of terminal acetylenes is 1. The summed E-state index contributed by atoms with van der Waals surface area (Å²) in [5, 5.41) is 14.6. The number of hydrogen-bond donors (Lipinski definition) is 2. The zero-order valence-electron chi connectivity index (χ0n) is 24.4. The maximum absolute atomic E-state index is 16.8. The predicted octanol–water partition coefficient (Wildman–Crippen LogP) is 5.45. The average molecular weight is 618 g/mol. The van der Waals surface area contributed by atoms with Crippen LogP contribution < -0.4 is 15.0 Å². The maximum atomic E-state index is 16.8. The van der Waals surface area contributed by atoms with Crippen LogP contribution >= 0.6 is 0 Å². The number of nitrogens with one attached hydrogen (secondary N) is 1. The molecule has 0 amide bonds. The predicted molar refractivity (Wildman–Crippen MR) is 163 cm³/mol. The number of phenols is 1. The number of anilines is 1. The number of phenolic OH excluding ortho intramolecular Hbond substituents is 1. The summed E-state index contributed by atoms with van der Waals surface area (Å²) in [4.78, 5) is 13.3. The van der Waals surface area contributed by atoms with Crippen LogP contribution in [0.5, 0.6) is 11.8 Å². The van der Waals surface area contributed by atoms with E-state index in [4.69, 9.17) is 16.1 Å². The number of rotatable bonds is 5. The Labute approximate surface area is 257 Å². The Morgan fingerprint density at radius 3 is 2.64 bits per heavy atom. The molecule has 2 bridgehead atoms. The van der Waals surface area contributed by atoms with E-state index in [1.165, 1.54) is 24.3 Å². The molecule has 4 saturated heterocycles. The highest BCUT2D eigenvalue weighted by atomic mass is 19.1. The van der Waals surface area contributed by atoms with Crippen LogP contribution in [0, 0.1) is 29.8 Å². The fourth-order valence-corrected chi connectivity index (χ4v) is 8.09. The van der Waals surface area contributed by atoms with Gasteiger partial charge in [-0.3, -0.25) is 4.90 Å². The van der Waals surface area contributed by atoms with E-state index in [0.29, 0.717) is 37.3 Å². The van der Waals surface area contributed by atoms with Crippen LogP contribution in [0.1, 0.15) is 37.7 Å². The van der Waals surface area contributed by atoms with Crippen molar-refractivity contribution in [1.82, 2.24) is 20.2 Å². The molecule has 0 spiro atoms. The summed E-state index contributed by atoms with van der Waals surface area (Å²) in [7, 11) is 0. The van der Waals surface area contributed by atoms with E-state index < -0.39 is 34.7 Å². The van der Waals surface area contributed by atoms with Crippen LogP contribution in [-0.4, -0.2) is 76.6 Å². The number of aromatic nitrogens is 2. The van der Waals surface area contributed by atoms with E-state index in [0.717, 1.165) is 38.3 Å². The fraction of sp³-hybridized carbons (Fsp3) is 0.412. The summed E-state index contributed by atoms with van der Waals surface area (Å²) in [6.45, 7) is 2.47. The quantitative estimate of drug-likeness (QED) is 0.228. The molecule has 5 heterocycles. The number of fused-ring (bicyclic) bond motifs is 5. The maximum Gasteiger partial charge on any atom is 0.319 e. The first-order chi connectivity index (χ1) is 21.7.